The van der Waals surface area contributed by atoms with Crippen molar-refractivity contribution in [3.63, 3.8) is 0 Å². The molecular weight excluding hydrogens is 286 g/mol. The Morgan fingerprint density at radius 3 is 2.19 bits per heavy atom. The quantitative estimate of drug-likeness (QED) is 0.637. The molecule has 0 aromatic heterocycles. The fourth-order valence-corrected chi connectivity index (χ4v) is 5.84. The lowest BCUT2D eigenvalue weighted by atomic mass is 9.67. The first-order valence-electron chi connectivity index (χ1n) is 6.12. The van der Waals surface area contributed by atoms with E-state index in [4.69, 9.17) is 46.4 Å². The maximum absolute atomic E-state index is 6.13. The molecule has 92 valence electrons. The summed E-state index contributed by atoms with van der Waals surface area (Å²) in [5.74, 6) is 5.47. The molecule has 0 aliphatic heterocycles. The van der Waals surface area contributed by atoms with Crippen molar-refractivity contribution >= 4 is 46.4 Å². The number of halogens is 4. The highest BCUT2D eigenvalue weighted by Crippen LogP contribution is 2.65. The van der Waals surface area contributed by atoms with Crippen LogP contribution < -0.4 is 0 Å². The topological polar surface area (TPSA) is 0 Å². The number of alkyl halides is 4. The van der Waals surface area contributed by atoms with Crippen LogP contribution in [0.15, 0.2) is 0 Å². The van der Waals surface area contributed by atoms with Gasteiger partial charge in [-0.25, -0.2) is 0 Å². The molecule has 0 heterocycles. The zero-order valence-electron chi connectivity index (χ0n) is 9.01. The Hall–Kier alpha value is 1.16. The van der Waals surface area contributed by atoms with E-state index in [9.17, 15) is 0 Å². The molecule has 0 nitrogen and oxygen atoms in total. The van der Waals surface area contributed by atoms with Gasteiger partial charge < -0.3 is 0 Å². The van der Waals surface area contributed by atoms with E-state index in [0.717, 1.165) is 36.0 Å². The second-order valence-corrected chi connectivity index (χ2v) is 8.68. The molecule has 4 saturated carbocycles. The Kier molecular flexibility index (Phi) is 3.12. The SMILES string of the molecule is ClCC1C2CC3CC2CC1C3CC(Cl)(Cl)Cl. The van der Waals surface area contributed by atoms with E-state index in [2.05, 4.69) is 0 Å². The van der Waals surface area contributed by atoms with Crippen LogP contribution in [0.1, 0.15) is 25.7 Å². The third kappa shape index (κ3) is 1.88. The van der Waals surface area contributed by atoms with Crippen molar-refractivity contribution in [1.29, 1.82) is 0 Å². The molecular formula is C12H16Cl4. The average molecular weight is 302 g/mol. The lowest BCUT2D eigenvalue weighted by molar-refractivity contribution is 0.106. The van der Waals surface area contributed by atoms with Gasteiger partial charge in [-0.15, -0.1) is 11.6 Å². The Balaban J connectivity index is 1.80. The molecule has 6 atom stereocenters. The molecule has 4 fully saturated rings. The van der Waals surface area contributed by atoms with Crippen molar-refractivity contribution in [2.75, 3.05) is 5.88 Å². The highest BCUT2D eigenvalue weighted by molar-refractivity contribution is 6.67. The van der Waals surface area contributed by atoms with Crippen molar-refractivity contribution in [2.24, 2.45) is 35.5 Å². The Bertz CT molecular complexity index is 285. The first-order valence-corrected chi connectivity index (χ1v) is 7.79. The summed E-state index contributed by atoms with van der Waals surface area (Å²) in [6.45, 7) is 0. The maximum Gasteiger partial charge on any atom is 0.190 e. The minimum Gasteiger partial charge on any atom is -0.126 e. The summed E-state index contributed by atoms with van der Waals surface area (Å²) in [6.07, 6.45) is 4.76. The van der Waals surface area contributed by atoms with Crippen molar-refractivity contribution in [1.82, 2.24) is 0 Å². The van der Waals surface area contributed by atoms with Crippen LogP contribution in [0.5, 0.6) is 0 Å². The summed E-state index contributed by atoms with van der Waals surface area (Å²) >= 11 is 24.1. The molecule has 4 heteroatoms. The summed E-state index contributed by atoms with van der Waals surface area (Å²) < 4.78 is -1.08. The summed E-state index contributed by atoms with van der Waals surface area (Å²) in [5.41, 5.74) is 0. The van der Waals surface area contributed by atoms with E-state index in [1.807, 2.05) is 0 Å². The Labute approximate surface area is 117 Å². The second kappa shape index (κ2) is 4.08. The summed E-state index contributed by atoms with van der Waals surface area (Å²) in [5, 5.41) is 0. The van der Waals surface area contributed by atoms with Gasteiger partial charge in [0, 0.05) is 5.88 Å². The standard InChI is InChI=1S/C12H16Cl4/c13-5-11-8-2-7-1-6(8)3-9(11)10(7)4-12(14,15)16/h6-11H,1-5H2. The summed E-state index contributed by atoms with van der Waals surface area (Å²) in [6, 6.07) is 0. The van der Waals surface area contributed by atoms with Crippen LogP contribution in [0.25, 0.3) is 0 Å². The summed E-state index contributed by atoms with van der Waals surface area (Å²) in [4.78, 5) is 0. The molecule has 0 spiro atoms. The Morgan fingerprint density at radius 2 is 1.56 bits per heavy atom. The first kappa shape index (κ1) is 12.2. The van der Waals surface area contributed by atoms with E-state index >= 15 is 0 Å². The van der Waals surface area contributed by atoms with Crippen LogP contribution in [0.4, 0.5) is 0 Å². The molecule has 0 N–H and O–H groups in total. The normalized spacial score (nSPS) is 50.2. The van der Waals surface area contributed by atoms with E-state index in [0.29, 0.717) is 11.8 Å². The molecule has 0 aromatic rings. The van der Waals surface area contributed by atoms with Crippen LogP contribution >= 0.6 is 46.4 Å². The largest absolute Gasteiger partial charge is 0.190 e. The van der Waals surface area contributed by atoms with Crippen LogP contribution in [0.3, 0.4) is 0 Å². The lowest BCUT2D eigenvalue weighted by Gasteiger charge is -2.41. The van der Waals surface area contributed by atoms with Gasteiger partial charge in [-0.05, 0) is 61.2 Å². The van der Waals surface area contributed by atoms with Crippen LogP contribution in [0, 0.1) is 35.5 Å². The van der Waals surface area contributed by atoms with Gasteiger partial charge in [0.05, 0.1) is 0 Å². The zero-order chi connectivity index (χ0) is 11.5. The Morgan fingerprint density at radius 1 is 0.875 bits per heavy atom. The predicted octanol–water partition coefficient (Wildman–Crippen LogP) is 4.89. The van der Waals surface area contributed by atoms with Crippen molar-refractivity contribution < 1.29 is 0 Å². The first-order chi connectivity index (χ1) is 7.49. The lowest BCUT2D eigenvalue weighted by Crippen LogP contribution is -2.36. The van der Waals surface area contributed by atoms with Gasteiger partial charge in [-0.3, -0.25) is 0 Å². The molecule has 4 rings (SSSR count). The van der Waals surface area contributed by atoms with Crippen LogP contribution in [-0.4, -0.2) is 9.67 Å². The molecule has 6 unspecified atom stereocenters. The monoisotopic (exact) mass is 300 g/mol. The third-order valence-corrected chi connectivity index (χ3v) is 6.08. The average Bonchev–Trinajstić information content (AvgIpc) is 2.61. The number of rotatable bonds is 2. The minimum absolute atomic E-state index is 0.603. The minimum atomic E-state index is -1.08. The van der Waals surface area contributed by atoms with Gasteiger partial charge in [0.2, 0.25) is 0 Å². The van der Waals surface area contributed by atoms with Gasteiger partial charge in [0.15, 0.2) is 3.79 Å². The van der Waals surface area contributed by atoms with Gasteiger partial charge in [0.25, 0.3) is 0 Å². The van der Waals surface area contributed by atoms with Gasteiger partial charge in [0.1, 0.15) is 0 Å². The second-order valence-electron chi connectivity index (χ2n) is 5.86. The smallest absolute Gasteiger partial charge is 0.126 e. The molecule has 4 bridgehead atoms. The van der Waals surface area contributed by atoms with Gasteiger partial charge in [-0.1, -0.05) is 34.8 Å². The molecule has 4 aliphatic rings. The molecule has 0 aromatic carbocycles. The van der Waals surface area contributed by atoms with Gasteiger partial charge in [-0.2, -0.15) is 0 Å². The molecule has 0 amide bonds. The maximum atomic E-state index is 6.13. The van der Waals surface area contributed by atoms with E-state index in [-0.39, 0.29) is 0 Å². The number of hydrogen-bond donors (Lipinski definition) is 0. The van der Waals surface area contributed by atoms with Gasteiger partial charge >= 0.3 is 0 Å². The fraction of sp³-hybridized carbons (Fsp3) is 1.00. The highest BCUT2D eigenvalue weighted by atomic mass is 35.6. The van der Waals surface area contributed by atoms with E-state index < -0.39 is 3.79 Å². The van der Waals surface area contributed by atoms with Crippen LogP contribution in [0.2, 0.25) is 0 Å². The van der Waals surface area contributed by atoms with E-state index in [1.165, 1.54) is 19.3 Å². The molecule has 16 heavy (non-hydrogen) atoms. The number of hydrogen-bond acceptors (Lipinski definition) is 0. The van der Waals surface area contributed by atoms with Crippen molar-refractivity contribution in [3.8, 4) is 0 Å². The molecule has 0 radical (unpaired) electrons. The predicted molar refractivity (Wildman–Crippen MR) is 70.4 cm³/mol. The zero-order valence-corrected chi connectivity index (χ0v) is 12.0. The molecule has 0 saturated heterocycles. The third-order valence-electron chi connectivity index (χ3n) is 5.26. The van der Waals surface area contributed by atoms with Crippen molar-refractivity contribution in [2.45, 2.75) is 29.5 Å². The van der Waals surface area contributed by atoms with Crippen LogP contribution in [-0.2, 0) is 0 Å². The fourth-order valence-electron chi connectivity index (χ4n) is 4.84. The van der Waals surface area contributed by atoms with E-state index in [1.54, 1.807) is 0 Å². The summed E-state index contributed by atoms with van der Waals surface area (Å²) in [7, 11) is 0. The molecule has 4 aliphatic carbocycles. The van der Waals surface area contributed by atoms with Crippen molar-refractivity contribution in [3.05, 3.63) is 0 Å². The highest BCUT2D eigenvalue weighted by Gasteiger charge is 2.58.